The number of carbonyl (C=O) groups is 1. The molecule has 2 atom stereocenters. The molecule has 1 saturated heterocycles. The molecule has 1 N–H and O–H groups in total. The van der Waals surface area contributed by atoms with Crippen molar-refractivity contribution >= 4 is 5.91 Å². The maximum absolute atomic E-state index is 11.1. The number of aliphatic hydroxyl groups excluding tert-OH is 1. The molecule has 0 bridgehead atoms. The van der Waals surface area contributed by atoms with Crippen molar-refractivity contribution in [2.45, 2.75) is 32.4 Å². The van der Waals surface area contributed by atoms with Gasteiger partial charge < -0.3 is 5.11 Å². The Hall–Kier alpha value is -0.610. The van der Waals surface area contributed by atoms with Crippen molar-refractivity contribution in [2.75, 3.05) is 13.6 Å². The molecule has 12 heavy (non-hydrogen) atoms. The first-order valence-corrected chi connectivity index (χ1v) is 4.25. The van der Waals surface area contributed by atoms with Crippen LogP contribution in [-0.4, -0.2) is 46.8 Å². The van der Waals surface area contributed by atoms with Gasteiger partial charge in [-0.15, -0.1) is 0 Å². The minimum Gasteiger partial charge on any atom is -0.392 e. The summed E-state index contributed by atoms with van der Waals surface area (Å²) in [5, 5.41) is 12.8. The van der Waals surface area contributed by atoms with Crippen LogP contribution in [0.3, 0.4) is 0 Å². The molecule has 0 saturated carbocycles. The molecule has 0 aliphatic carbocycles. The molecule has 70 valence electrons. The highest BCUT2D eigenvalue weighted by molar-refractivity contribution is 5.77. The summed E-state index contributed by atoms with van der Waals surface area (Å²) in [6.07, 6.45) is 0.159. The number of aliphatic hydroxyl groups is 1. The predicted octanol–water partition coefficient (Wildman–Crippen LogP) is -0.165. The van der Waals surface area contributed by atoms with Crippen LogP contribution >= 0.6 is 0 Å². The van der Waals surface area contributed by atoms with Crippen LogP contribution in [-0.2, 0) is 4.79 Å². The van der Waals surface area contributed by atoms with E-state index < -0.39 is 6.10 Å². The second-order valence-corrected chi connectivity index (χ2v) is 3.31. The fraction of sp³-hybridized carbons (Fsp3) is 0.875. The van der Waals surface area contributed by atoms with E-state index in [1.165, 1.54) is 0 Å². The molecule has 0 aromatic heterocycles. The Balaban J connectivity index is 2.59. The van der Waals surface area contributed by atoms with E-state index in [1.807, 2.05) is 11.9 Å². The van der Waals surface area contributed by atoms with E-state index in [0.717, 1.165) is 6.54 Å². The molecule has 1 heterocycles. The van der Waals surface area contributed by atoms with Crippen molar-refractivity contribution in [3.63, 3.8) is 0 Å². The molecule has 0 radical (unpaired) electrons. The lowest BCUT2D eigenvalue weighted by Crippen LogP contribution is -2.46. The van der Waals surface area contributed by atoms with Gasteiger partial charge in [-0.3, -0.25) is 9.80 Å². The zero-order valence-corrected chi connectivity index (χ0v) is 7.82. The van der Waals surface area contributed by atoms with Gasteiger partial charge in [0.15, 0.2) is 0 Å². The zero-order chi connectivity index (χ0) is 9.30. The van der Waals surface area contributed by atoms with Crippen LogP contribution < -0.4 is 0 Å². The van der Waals surface area contributed by atoms with E-state index in [9.17, 15) is 9.90 Å². The summed E-state index contributed by atoms with van der Waals surface area (Å²) in [7, 11) is 1.74. The molecular formula is C8H16N2O2. The van der Waals surface area contributed by atoms with Gasteiger partial charge in [-0.2, -0.15) is 0 Å². The van der Waals surface area contributed by atoms with Crippen LogP contribution in [0.5, 0.6) is 0 Å². The molecular weight excluding hydrogens is 156 g/mol. The van der Waals surface area contributed by atoms with Crippen molar-refractivity contribution in [3.05, 3.63) is 0 Å². The van der Waals surface area contributed by atoms with E-state index in [1.54, 1.807) is 19.0 Å². The first kappa shape index (κ1) is 9.48. The van der Waals surface area contributed by atoms with Crippen LogP contribution in [0.15, 0.2) is 0 Å². The number of carbonyl (C=O) groups excluding carboxylic acids is 1. The third-order valence-electron chi connectivity index (χ3n) is 2.47. The van der Waals surface area contributed by atoms with Gasteiger partial charge in [0.05, 0.1) is 12.1 Å². The van der Waals surface area contributed by atoms with Crippen molar-refractivity contribution in [1.29, 1.82) is 0 Å². The summed E-state index contributed by atoms with van der Waals surface area (Å²) in [5.41, 5.74) is 0. The van der Waals surface area contributed by atoms with Gasteiger partial charge in [0.2, 0.25) is 5.91 Å². The molecule has 0 aromatic carbocycles. The van der Waals surface area contributed by atoms with Crippen LogP contribution in [0.4, 0.5) is 0 Å². The Morgan fingerprint density at radius 2 is 2.08 bits per heavy atom. The smallest absolute Gasteiger partial charge is 0.237 e. The number of nitrogens with zero attached hydrogens (tertiary/aromatic N) is 2. The molecule has 1 aliphatic rings. The largest absolute Gasteiger partial charge is 0.392 e. The second-order valence-electron chi connectivity index (χ2n) is 3.31. The lowest BCUT2D eigenvalue weighted by Gasteiger charge is -2.31. The molecule has 1 aliphatic heterocycles. The van der Waals surface area contributed by atoms with Crippen LogP contribution in [0, 0.1) is 0 Å². The summed E-state index contributed by atoms with van der Waals surface area (Å²) in [4.78, 5) is 11.1. The molecule has 0 aromatic rings. The maximum atomic E-state index is 11.1. The Kier molecular flexibility index (Phi) is 2.69. The molecule has 4 nitrogen and oxygen atoms in total. The fourth-order valence-corrected chi connectivity index (χ4v) is 1.39. The van der Waals surface area contributed by atoms with Crippen molar-refractivity contribution in [2.24, 2.45) is 0 Å². The summed E-state index contributed by atoms with van der Waals surface area (Å²) in [6, 6.07) is 0.0152. The molecule has 2 unspecified atom stereocenters. The van der Waals surface area contributed by atoms with Crippen LogP contribution in [0.2, 0.25) is 0 Å². The first-order chi connectivity index (χ1) is 5.54. The first-order valence-electron chi connectivity index (χ1n) is 4.25. The number of hydrogen-bond acceptors (Lipinski definition) is 3. The summed E-state index contributed by atoms with van der Waals surface area (Å²) < 4.78 is 0. The lowest BCUT2D eigenvalue weighted by molar-refractivity contribution is -0.139. The highest BCUT2D eigenvalue weighted by atomic mass is 16.3. The minimum absolute atomic E-state index is 0.0152. The van der Waals surface area contributed by atoms with Gasteiger partial charge in [0.1, 0.15) is 0 Å². The standard InChI is InChI=1S/C8H16N2O2/c1-6(7(2)11)10-5-4-8(12)9(10)3/h6-7,11H,4-5H2,1-3H3. The highest BCUT2D eigenvalue weighted by Gasteiger charge is 2.30. The molecule has 0 spiro atoms. The van der Waals surface area contributed by atoms with E-state index in [0.29, 0.717) is 6.42 Å². The second kappa shape index (κ2) is 3.41. The number of amides is 1. The number of hydrogen-bond donors (Lipinski definition) is 1. The predicted molar refractivity (Wildman–Crippen MR) is 45.2 cm³/mol. The zero-order valence-electron chi connectivity index (χ0n) is 7.82. The average Bonchev–Trinajstić information content (AvgIpc) is 2.32. The van der Waals surface area contributed by atoms with Gasteiger partial charge in [0.25, 0.3) is 0 Å². The topological polar surface area (TPSA) is 43.8 Å². The quantitative estimate of drug-likeness (QED) is 0.629. The molecule has 4 heteroatoms. The van der Waals surface area contributed by atoms with Crippen LogP contribution in [0.1, 0.15) is 20.3 Å². The molecule has 1 rings (SSSR count). The summed E-state index contributed by atoms with van der Waals surface area (Å²) in [5.74, 6) is 0.127. The van der Waals surface area contributed by atoms with E-state index in [4.69, 9.17) is 0 Å². The number of hydrazine groups is 1. The average molecular weight is 172 g/mol. The van der Waals surface area contributed by atoms with E-state index in [2.05, 4.69) is 0 Å². The summed E-state index contributed by atoms with van der Waals surface area (Å²) >= 11 is 0. The van der Waals surface area contributed by atoms with E-state index in [-0.39, 0.29) is 11.9 Å². The Labute approximate surface area is 72.7 Å². The van der Waals surface area contributed by atoms with Crippen LogP contribution in [0.25, 0.3) is 0 Å². The lowest BCUT2D eigenvalue weighted by atomic mass is 10.2. The number of rotatable bonds is 2. The van der Waals surface area contributed by atoms with Crippen molar-refractivity contribution in [1.82, 2.24) is 10.0 Å². The van der Waals surface area contributed by atoms with Crippen molar-refractivity contribution in [3.8, 4) is 0 Å². The third kappa shape index (κ3) is 1.59. The van der Waals surface area contributed by atoms with Gasteiger partial charge in [0, 0.05) is 20.0 Å². The Morgan fingerprint density at radius 1 is 1.50 bits per heavy atom. The normalized spacial score (nSPS) is 24.7. The Bertz CT molecular complexity index is 182. The SMILES string of the molecule is CC(O)C(C)N1CCC(=O)N1C. The fourth-order valence-electron chi connectivity index (χ4n) is 1.39. The van der Waals surface area contributed by atoms with Gasteiger partial charge in [-0.25, -0.2) is 5.01 Å². The molecule has 1 fully saturated rings. The maximum Gasteiger partial charge on any atom is 0.237 e. The van der Waals surface area contributed by atoms with Gasteiger partial charge in [-0.1, -0.05) is 0 Å². The Morgan fingerprint density at radius 3 is 2.42 bits per heavy atom. The van der Waals surface area contributed by atoms with E-state index >= 15 is 0 Å². The third-order valence-corrected chi connectivity index (χ3v) is 2.47. The van der Waals surface area contributed by atoms with Gasteiger partial charge in [-0.05, 0) is 13.8 Å². The van der Waals surface area contributed by atoms with Crippen molar-refractivity contribution < 1.29 is 9.90 Å². The molecule has 1 amide bonds. The summed E-state index contributed by atoms with van der Waals surface area (Å²) in [6.45, 7) is 4.38. The minimum atomic E-state index is -0.404. The monoisotopic (exact) mass is 172 g/mol. The van der Waals surface area contributed by atoms with Gasteiger partial charge >= 0.3 is 0 Å². The highest BCUT2D eigenvalue weighted by Crippen LogP contribution is 2.15.